The highest BCUT2D eigenvalue weighted by Crippen LogP contribution is 2.24. The van der Waals surface area contributed by atoms with Crippen LogP contribution in [0.3, 0.4) is 0 Å². The first kappa shape index (κ1) is 22.1. The lowest BCUT2D eigenvalue weighted by molar-refractivity contribution is -0.126. The number of hydrogen-bond acceptors (Lipinski definition) is 6. The van der Waals surface area contributed by atoms with E-state index in [1.54, 1.807) is 18.3 Å². The molecule has 2 amide bonds. The fraction of sp³-hybridized carbons (Fsp3) is 0.522. The Morgan fingerprint density at radius 3 is 2.81 bits per heavy atom. The summed E-state index contributed by atoms with van der Waals surface area (Å²) in [5.41, 5.74) is 0.748. The summed E-state index contributed by atoms with van der Waals surface area (Å²) >= 11 is 0. The van der Waals surface area contributed by atoms with Gasteiger partial charge in [0, 0.05) is 44.9 Å². The van der Waals surface area contributed by atoms with E-state index >= 15 is 0 Å². The third kappa shape index (κ3) is 5.04. The van der Waals surface area contributed by atoms with E-state index in [1.165, 1.54) is 0 Å². The normalized spacial score (nSPS) is 19.7. The monoisotopic (exact) mass is 438 g/mol. The number of nitrogens with one attached hydrogen (secondary N) is 1. The molecule has 2 atom stereocenters. The molecule has 9 nitrogen and oxygen atoms in total. The van der Waals surface area contributed by atoms with Crippen molar-refractivity contribution in [1.82, 2.24) is 30.0 Å². The molecule has 4 rings (SSSR count). The number of nitrogens with zero attached hydrogens (tertiary/aromatic N) is 5. The molecule has 1 saturated heterocycles. The van der Waals surface area contributed by atoms with E-state index in [0.717, 1.165) is 23.8 Å². The van der Waals surface area contributed by atoms with Gasteiger partial charge in [-0.3, -0.25) is 14.6 Å². The standard InChI is InChI=1S/C23H30N6O3/c1-16(2)21(25-23(31)17-9-14-32-15-17)22-27-26-19-8-11-28(12-13-29(19)22)20(30)7-6-18-5-3-4-10-24-18/h3-7,10,16-17,21H,8-9,11-15H2,1-2H3,(H,25,31)/b7-6+. The van der Waals surface area contributed by atoms with Gasteiger partial charge in [0.15, 0.2) is 5.82 Å². The first-order valence-electron chi connectivity index (χ1n) is 11.2. The fourth-order valence-corrected chi connectivity index (χ4v) is 4.07. The summed E-state index contributed by atoms with van der Waals surface area (Å²) < 4.78 is 7.42. The van der Waals surface area contributed by atoms with Gasteiger partial charge in [0.2, 0.25) is 11.8 Å². The van der Waals surface area contributed by atoms with Crippen LogP contribution in [0.4, 0.5) is 0 Å². The molecule has 1 fully saturated rings. The SMILES string of the molecule is CC(C)C(NC(=O)C1CCOC1)c1nnc2n1CCN(C(=O)/C=C/c1ccccn1)CC2. The Morgan fingerprint density at radius 2 is 2.09 bits per heavy atom. The van der Waals surface area contributed by atoms with E-state index in [9.17, 15) is 9.59 Å². The van der Waals surface area contributed by atoms with Crippen molar-refractivity contribution >= 4 is 17.9 Å². The van der Waals surface area contributed by atoms with Crippen molar-refractivity contribution in [3.63, 3.8) is 0 Å². The predicted octanol–water partition coefficient (Wildman–Crippen LogP) is 1.62. The summed E-state index contributed by atoms with van der Waals surface area (Å²) in [5.74, 6) is 1.59. The molecule has 0 saturated carbocycles. The highest BCUT2D eigenvalue weighted by atomic mass is 16.5. The lowest BCUT2D eigenvalue weighted by Crippen LogP contribution is -2.38. The molecule has 0 bridgehead atoms. The molecular formula is C23H30N6O3. The van der Waals surface area contributed by atoms with Crippen LogP contribution in [0.15, 0.2) is 30.5 Å². The molecule has 0 aromatic carbocycles. The van der Waals surface area contributed by atoms with Crippen LogP contribution in [0.5, 0.6) is 0 Å². The molecule has 2 aromatic heterocycles. The summed E-state index contributed by atoms with van der Waals surface area (Å²) in [7, 11) is 0. The van der Waals surface area contributed by atoms with Crippen molar-refractivity contribution < 1.29 is 14.3 Å². The Morgan fingerprint density at radius 1 is 1.22 bits per heavy atom. The Kier molecular flexibility index (Phi) is 6.94. The lowest BCUT2D eigenvalue weighted by atomic mass is 10.0. The number of aromatic nitrogens is 4. The minimum Gasteiger partial charge on any atom is -0.381 e. The van der Waals surface area contributed by atoms with Crippen LogP contribution in [0.25, 0.3) is 6.08 Å². The van der Waals surface area contributed by atoms with Crippen molar-refractivity contribution in [3.8, 4) is 0 Å². The molecule has 1 N–H and O–H groups in total. The topological polar surface area (TPSA) is 102 Å². The number of ether oxygens (including phenoxy) is 1. The zero-order valence-corrected chi connectivity index (χ0v) is 18.6. The summed E-state index contributed by atoms with van der Waals surface area (Å²) in [6.45, 7) is 6.94. The molecule has 170 valence electrons. The number of rotatable bonds is 6. The number of amides is 2. The number of fused-ring (bicyclic) bond motifs is 1. The second-order valence-electron chi connectivity index (χ2n) is 8.58. The molecule has 0 spiro atoms. The van der Waals surface area contributed by atoms with Crippen LogP contribution in [0.1, 0.15) is 43.7 Å². The van der Waals surface area contributed by atoms with Crippen LogP contribution in [-0.4, -0.2) is 62.8 Å². The number of hydrogen-bond donors (Lipinski definition) is 1. The quantitative estimate of drug-likeness (QED) is 0.688. The summed E-state index contributed by atoms with van der Waals surface area (Å²) in [5, 5.41) is 12.0. The Labute approximate surface area is 187 Å². The maximum Gasteiger partial charge on any atom is 0.246 e. The Balaban J connectivity index is 1.44. The maximum atomic E-state index is 12.7. The molecule has 2 aromatic rings. The van der Waals surface area contributed by atoms with Gasteiger partial charge in [0.25, 0.3) is 0 Å². The zero-order chi connectivity index (χ0) is 22.5. The molecule has 0 aliphatic carbocycles. The minimum absolute atomic E-state index is 0.00337. The molecule has 2 aliphatic heterocycles. The molecule has 2 aliphatic rings. The van der Waals surface area contributed by atoms with Crippen LogP contribution < -0.4 is 5.32 Å². The summed E-state index contributed by atoms with van der Waals surface area (Å²) in [6, 6.07) is 5.35. The first-order valence-corrected chi connectivity index (χ1v) is 11.2. The zero-order valence-electron chi connectivity index (χ0n) is 18.6. The van der Waals surface area contributed by atoms with Gasteiger partial charge >= 0.3 is 0 Å². The molecule has 4 heterocycles. The molecular weight excluding hydrogens is 408 g/mol. The van der Waals surface area contributed by atoms with Crippen molar-refractivity contribution in [2.24, 2.45) is 11.8 Å². The third-order valence-corrected chi connectivity index (χ3v) is 5.99. The Bertz CT molecular complexity index is 965. The van der Waals surface area contributed by atoms with E-state index in [0.29, 0.717) is 39.3 Å². The number of pyridine rings is 1. The van der Waals surface area contributed by atoms with E-state index in [4.69, 9.17) is 4.74 Å². The second-order valence-corrected chi connectivity index (χ2v) is 8.58. The van der Waals surface area contributed by atoms with Gasteiger partial charge < -0.3 is 19.5 Å². The van der Waals surface area contributed by atoms with Crippen LogP contribution >= 0.6 is 0 Å². The average Bonchev–Trinajstić information content (AvgIpc) is 3.42. The van der Waals surface area contributed by atoms with Crippen LogP contribution in [0.2, 0.25) is 0 Å². The molecule has 2 unspecified atom stereocenters. The van der Waals surface area contributed by atoms with E-state index in [1.807, 2.05) is 23.1 Å². The van der Waals surface area contributed by atoms with Gasteiger partial charge in [-0.2, -0.15) is 0 Å². The largest absolute Gasteiger partial charge is 0.381 e. The predicted molar refractivity (Wildman–Crippen MR) is 118 cm³/mol. The lowest BCUT2D eigenvalue weighted by Gasteiger charge is -2.24. The second kappa shape index (κ2) is 10.0. The first-order chi connectivity index (χ1) is 15.5. The summed E-state index contributed by atoms with van der Waals surface area (Å²) in [6.07, 6.45) is 6.36. The average molecular weight is 439 g/mol. The van der Waals surface area contributed by atoms with Gasteiger partial charge in [0.1, 0.15) is 5.82 Å². The number of carbonyl (C=O) groups is 2. The van der Waals surface area contributed by atoms with Gasteiger partial charge in [-0.25, -0.2) is 0 Å². The molecule has 0 radical (unpaired) electrons. The van der Waals surface area contributed by atoms with Gasteiger partial charge in [-0.15, -0.1) is 10.2 Å². The van der Waals surface area contributed by atoms with Gasteiger partial charge in [-0.05, 0) is 30.5 Å². The number of carbonyl (C=O) groups excluding carboxylic acids is 2. The smallest absolute Gasteiger partial charge is 0.246 e. The van der Waals surface area contributed by atoms with E-state index < -0.39 is 0 Å². The third-order valence-electron chi connectivity index (χ3n) is 5.99. The van der Waals surface area contributed by atoms with Gasteiger partial charge in [-0.1, -0.05) is 19.9 Å². The minimum atomic E-state index is -0.240. The van der Waals surface area contributed by atoms with E-state index in [2.05, 4.69) is 38.9 Å². The van der Waals surface area contributed by atoms with Crippen molar-refractivity contribution in [2.75, 3.05) is 26.3 Å². The molecule has 32 heavy (non-hydrogen) atoms. The molecule has 9 heteroatoms. The fourth-order valence-electron chi connectivity index (χ4n) is 4.07. The van der Waals surface area contributed by atoms with Crippen molar-refractivity contribution in [3.05, 3.63) is 47.8 Å². The highest BCUT2D eigenvalue weighted by molar-refractivity contribution is 5.91. The van der Waals surface area contributed by atoms with Crippen LogP contribution in [-0.2, 0) is 27.3 Å². The van der Waals surface area contributed by atoms with Crippen molar-refractivity contribution in [1.29, 1.82) is 0 Å². The highest BCUT2D eigenvalue weighted by Gasteiger charge is 2.31. The van der Waals surface area contributed by atoms with Gasteiger partial charge in [0.05, 0.1) is 24.3 Å². The van der Waals surface area contributed by atoms with E-state index in [-0.39, 0.29) is 29.7 Å². The van der Waals surface area contributed by atoms with Crippen LogP contribution in [0, 0.1) is 11.8 Å². The van der Waals surface area contributed by atoms with Crippen molar-refractivity contribution in [2.45, 2.75) is 39.3 Å². The maximum absolute atomic E-state index is 12.7. The summed E-state index contributed by atoms with van der Waals surface area (Å²) in [4.78, 5) is 31.5. The Hall–Kier alpha value is -3.07.